The van der Waals surface area contributed by atoms with Gasteiger partial charge in [-0.15, -0.1) is 0 Å². The van der Waals surface area contributed by atoms with E-state index in [1.165, 1.54) is 0 Å². The summed E-state index contributed by atoms with van der Waals surface area (Å²) in [7, 11) is 0. The summed E-state index contributed by atoms with van der Waals surface area (Å²) in [5.41, 5.74) is 11.6. The number of aromatic nitrogens is 1. The van der Waals surface area contributed by atoms with Crippen molar-refractivity contribution in [3.05, 3.63) is 58.9 Å². The average Bonchev–Trinajstić information content (AvgIpc) is 3.59. The van der Waals surface area contributed by atoms with Gasteiger partial charge in [0, 0.05) is 35.0 Å². The predicted molar refractivity (Wildman–Crippen MR) is 150 cm³/mol. The van der Waals surface area contributed by atoms with Crippen molar-refractivity contribution in [1.82, 2.24) is 10.3 Å². The third-order valence-corrected chi connectivity index (χ3v) is 8.20. The number of nitrogens with zero attached hydrogens (tertiary/aromatic N) is 1. The first-order valence-electron chi connectivity index (χ1n) is 13.3. The molecular formula is C30H36N4O2S. The number of carbonyl (C=O) groups excluding carboxylic acids is 2. The molecule has 3 aromatic rings. The van der Waals surface area contributed by atoms with E-state index in [1.54, 1.807) is 17.5 Å². The van der Waals surface area contributed by atoms with Crippen LogP contribution in [0.2, 0.25) is 0 Å². The van der Waals surface area contributed by atoms with Gasteiger partial charge in [-0.25, -0.2) is 0 Å². The summed E-state index contributed by atoms with van der Waals surface area (Å²) in [4.78, 5) is 29.7. The van der Waals surface area contributed by atoms with Crippen molar-refractivity contribution >= 4 is 28.8 Å². The maximum absolute atomic E-state index is 12.9. The Bertz CT molecular complexity index is 1240. The second-order valence-corrected chi connectivity index (χ2v) is 12.0. The number of rotatable bonds is 8. The first-order valence-corrected chi connectivity index (χ1v) is 14.2. The quantitative estimate of drug-likeness (QED) is 0.338. The lowest BCUT2D eigenvalue weighted by molar-refractivity contribution is -0.123. The summed E-state index contributed by atoms with van der Waals surface area (Å²) >= 11 is 1.64. The second-order valence-electron chi connectivity index (χ2n) is 11.2. The Morgan fingerprint density at radius 1 is 1.03 bits per heavy atom. The Morgan fingerprint density at radius 2 is 1.76 bits per heavy atom. The van der Waals surface area contributed by atoms with E-state index in [9.17, 15) is 9.59 Å². The molecule has 0 radical (unpaired) electrons. The zero-order valence-corrected chi connectivity index (χ0v) is 22.4. The van der Waals surface area contributed by atoms with Crippen LogP contribution in [-0.2, 0) is 15.1 Å². The molecule has 0 unspecified atom stereocenters. The summed E-state index contributed by atoms with van der Waals surface area (Å²) in [6, 6.07) is 12.6. The number of thiophene rings is 1. The number of anilines is 1. The Kier molecular flexibility index (Phi) is 7.45. The number of hydrogen-bond donors (Lipinski definition) is 3. The number of amides is 2. The van der Waals surface area contributed by atoms with Crippen molar-refractivity contribution in [3.63, 3.8) is 0 Å². The van der Waals surface area contributed by atoms with Crippen LogP contribution in [0.3, 0.4) is 0 Å². The van der Waals surface area contributed by atoms with Gasteiger partial charge >= 0.3 is 0 Å². The molecule has 0 saturated heterocycles. The maximum Gasteiger partial charge on any atom is 0.224 e. The normalized spacial score (nSPS) is 19.9. The number of nitrogens with two attached hydrogens (primary N) is 1. The molecule has 2 aliphatic carbocycles. The highest BCUT2D eigenvalue weighted by Crippen LogP contribution is 2.35. The molecule has 0 aliphatic heterocycles. The summed E-state index contributed by atoms with van der Waals surface area (Å²) < 4.78 is 0. The fraction of sp³-hybridized carbons (Fsp3) is 0.433. The molecule has 1 aromatic carbocycles. The van der Waals surface area contributed by atoms with E-state index in [0.29, 0.717) is 18.0 Å². The largest absolute Gasteiger partial charge is 0.353 e. The highest BCUT2D eigenvalue weighted by atomic mass is 32.1. The Balaban J connectivity index is 1.24. The molecule has 37 heavy (non-hydrogen) atoms. The maximum atomic E-state index is 12.9. The molecular weight excluding hydrogens is 480 g/mol. The van der Waals surface area contributed by atoms with Crippen LogP contribution >= 0.6 is 11.3 Å². The van der Waals surface area contributed by atoms with Gasteiger partial charge < -0.3 is 16.4 Å². The van der Waals surface area contributed by atoms with Gasteiger partial charge in [-0.2, -0.15) is 11.3 Å². The van der Waals surface area contributed by atoms with Crippen molar-refractivity contribution < 1.29 is 9.59 Å². The standard InChI is InChI=1S/C30H36N4O2S/c1-30(2,31)23-9-7-20(8-10-23)28-26(22-13-14-37-18-22)16-25(17-32-28)33-27(35)15-19-3-11-24(12-4-19)34-29(36)21-5-6-21/h7-10,13-14,16-19,21,24H,3-6,11-12,15,31H2,1-2H3,(H,33,35)(H,34,36)/t19-,24-. The topological polar surface area (TPSA) is 97.1 Å². The van der Waals surface area contributed by atoms with Crippen LogP contribution < -0.4 is 16.4 Å². The molecule has 2 fully saturated rings. The van der Waals surface area contributed by atoms with Gasteiger partial charge in [0.15, 0.2) is 0 Å². The summed E-state index contributed by atoms with van der Waals surface area (Å²) in [5.74, 6) is 0.839. The SMILES string of the molecule is CC(C)(N)c1ccc(-c2ncc(NC(=O)C[C@H]3CC[C@H](NC(=O)C4CC4)CC3)cc2-c2ccsc2)cc1. The van der Waals surface area contributed by atoms with Crippen molar-refractivity contribution in [2.45, 2.75) is 70.4 Å². The minimum atomic E-state index is -0.403. The van der Waals surface area contributed by atoms with E-state index >= 15 is 0 Å². The first kappa shape index (κ1) is 25.6. The molecule has 4 N–H and O–H groups in total. The van der Waals surface area contributed by atoms with E-state index in [4.69, 9.17) is 10.7 Å². The second kappa shape index (κ2) is 10.8. The van der Waals surface area contributed by atoms with Crippen LogP contribution in [0.25, 0.3) is 22.4 Å². The van der Waals surface area contributed by atoms with E-state index in [1.807, 2.05) is 25.3 Å². The van der Waals surface area contributed by atoms with Crippen LogP contribution in [-0.4, -0.2) is 22.8 Å². The number of benzene rings is 1. The monoisotopic (exact) mass is 516 g/mol. The van der Waals surface area contributed by atoms with Crippen LogP contribution in [0.15, 0.2) is 53.4 Å². The average molecular weight is 517 g/mol. The molecule has 2 amide bonds. The molecule has 2 aromatic heterocycles. The van der Waals surface area contributed by atoms with Crippen molar-refractivity contribution in [2.75, 3.05) is 5.32 Å². The van der Waals surface area contributed by atoms with Crippen molar-refractivity contribution in [3.8, 4) is 22.4 Å². The van der Waals surface area contributed by atoms with Crippen LogP contribution in [0.1, 0.15) is 64.4 Å². The predicted octanol–water partition coefficient (Wildman–Crippen LogP) is 6.08. The van der Waals surface area contributed by atoms with Gasteiger partial charge in [0.05, 0.1) is 17.6 Å². The summed E-state index contributed by atoms with van der Waals surface area (Å²) in [6.07, 6.45) is 8.15. The number of carbonyl (C=O) groups is 2. The lowest BCUT2D eigenvalue weighted by Crippen LogP contribution is -2.38. The van der Waals surface area contributed by atoms with Gasteiger partial charge in [0.25, 0.3) is 0 Å². The lowest BCUT2D eigenvalue weighted by Gasteiger charge is -2.28. The fourth-order valence-corrected chi connectivity index (χ4v) is 5.76. The minimum absolute atomic E-state index is 0.0193. The Labute approximate surface area is 223 Å². The van der Waals surface area contributed by atoms with Crippen LogP contribution in [0.5, 0.6) is 0 Å². The molecule has 2 aliphatic rings. The Morgan fingerprint density at radius 3 is 2.38 bits per heavy atom. The van der Waals surface area contributed by atoms with E-state index < -0.39 is 5.54 Å². The zero-order valence-electron chi connectivity index (χ0n) is 21.6. The van der Waals surface area contributed by atoms with E-state index in [0.717, 1.165) is 66.5 Å². The zero-order chi connectivity index (χ0) is 26.0. The molecule has 6 nitrogen and oxygen atoms in total. The molecule has 5 rings (SSSR count). The summed E-state index contributed by atoms with van der Waals surface area (Å²) in [6.45, 7) is 3.99. The molecule has 0 atom stereocenters. The molecule has 194 valence electrons. The number of nitrogens with one attached hydrogen (secondary N) is 2. The van der Waals surface area contributed by atoms with Gasteiger partial charge in [-0.05, 0) is 92.3 Å². The van der Waals surface area contributed by atoms with Gasteiger partial charge in [0.1, 0.15) is 0 Å². The highest BCUT2D eigenvalue weighted by molar-refractivity contribution is 7.08. The number of pyridine rings is 1. The van der Waals surface area contributed by atoms with Gasteiger partial charge in [-0.3, -0.25) is 14.6 Å². The third kappa shape index (κ3) is 6.46. The molecule has 2 heterocycles. The third-order valence-electron chi connectivity index (χ3n) is 7.52. The molecule has 0 spiro atoms. The molecule has 0 bridgehead atoms. The van der Waals surface area contributed by atoms with E-state index in [-0.39, 0.29) is 23.8 Å². The number of hydrogen-bond acceptors (Lipinski definition) is 5. The van der Waals surface area contributed by atoms with Crippen molar-refractivity contribution in [2.24, 2.45) is 17.6 Å². The van der Waals surface area contributed by atoms with Gasteiger partial charge in [-0.1, -0.05) is 24.3 Å². The Hall–Kier alpha value is -3.03. The van der Waals surface area contributed by atoms with Crippen LogP contribution in [0, 0.1) is 11.8 Å². The lowest BCUT2D eigenvalue weighted by atomic mass is 9.84. The molecule has 7 heteroatoms. The van der Waals surface area contributed by atoms with Gasteiger partial charge in [0.2, 0.25) is 11.8 Å². The smallest absolute Gasteiger partial charge is 0.224 e. The minimum Gasteiger partial charge on any atom is -0.353 e. The molecule has 2 saturated carbocycles. The van der Waals surface area contributed by atoms with Crippen molar-refractivity contribution in [1.29, 1.82) is 0 Å². The highest BCUT2D eigenvalue weighted by Gasteiger charge is 2.32. The van der Waals surface area contributed by atoms with Crippen LogP contribution in [0.4, 0.5) is 5.69 Å². The first-order chi connectivity index (χ1) is 17.8. The van der Waals surface area contributed by atoms with E-state index in [2.05, 4.69) is 46.3 Å². The fourth-order valence-electron chi connectivity index (χ4n) is 5.11. The summed E-state index contributed by atoms with van der Waals surface area (Å²) in [5, 5.41) is 10.4.